The van der Waals surface area contributed by atoms with Gasteiger partial charge in [0.25, 0.3) is 0 Å². The van der Waals surface area contributed by atoms with Crippen LogP contribution in [0.25, 0.3) is 0 Å². The van der Waals surface area contributed by atoms with E-state index in [1.807, 2.05) is 26.0 Å². The molecule has 0 spiro atoms. The zero-order valence-electron chi connectivity index (χ0n) is 23.2. The SMILES string of the molecule is CCC(CC)[C@@H](Oc1ccccc1Cl)[C@H](C)OC(=O)[C@@H](CC(=O)c1nccc(OC)c1OC(C)=O)C(C)C. The summed E-state index contributed by atoms with van der Waals surface area (Å²) in [6.45, 7) is 10.8. The number of carbonyl (C=O) groups excluding carboxylic acids is 3. The molecule has 8 nitrogen and oxygen atoms in total. The van der Waals surface area contributed by atoms with Crippen LogP contribution in [-0.2, 0) is 14.3 Å². The van der Waals surface area contributed by atoms with Crippen molar-refractivity contribution in [2.45, 2.75) is 73.0 Å². The third-order valence-electron chi connectivity index (χ3n) is 6.49. The van der Waals surface area contributed by atoms with Gasteiger partial charge in [-0.25, -0.2) is 4.98 Å². The van der Waals surface area contributed by atoms with Crippen LogP contribution in [0.2, 0.25) is 5.02 Å². The van der Waals surface area contributed by atoms with E-state index in [2.05, 4.69) is 18.8 Å². The van der Waals surface area contributed by atoms with E-state index in [9.17, 15) is 14.4 Å². The molecule has 2 rings (SSSR count). The van der Waals surface area contributed by atoms with Gasteiger partial charge in [-0.1, -0.05) is 51.4 Å². The predicted octanol–water partition coefficient (Wildman–Crippen LogP) is 6.33. The van der Waals surface area contributed by atoms with Crippen molar-refractivity contribution in [1.29, 1.82) is 0 Å². The number of benzene rings is 1. The molecule has 3 atom stereocenters. The van der Waals surface area contributed by atoms with Gasteiger partial charge in [-0.2, -0.15) is 0 Å². The van der Waals surface area contributed by atoms with Gasteiger partial charge in [-0.3, -0.25) is 14.4 Å². The van der Waals surface area contributed by atoms with Crippen molar-refractivity contribution in [1.82, 2.24) is 4.98 Å². The lowest BCUT2D eigenvalue weighted by molar-refractivity contribution is -0.161. The minimum absolute atomic E-state index is 0.0707. The fourth-order valence-electron chi connectivity index (χ4n) is 4.27. The molecule has 208 valence electrons. The van der Waals surface area contributed by atoms with E-state index in [1.54, 1.807) is 19.1 Å². The number of Topliss-reactive ketones (excluding diaryl/α,β-unsaturated/α-hetero) is 1. The van der Waals surface area contributed by atoms with Gasteiger partial charge in [0.1, 0.15) is 18.0 Å². The van der Waals surface area contributed by atoms with E-state index in [4.69, 9.17) is 30.5 Å². The van der Waals surface area contributed by atoms with Crippen molar-refractivity contribution in [3.63, 3.8) is 0 Å². The Balaban J connectivity index is 2.27. The standard InChI is InChI=1S/C29H38ClNO7/c1-8-20(9-2)27(38-24-13-11-10-12-22(24)30)18(5)36-29(34)21(17(3)4)16-23(33)26-28(37-19(6)32)25(35-7)14-15-31-26/h10-15,17-18,20-21,27H,8-9,16H2,1-7H3/t18-,21-,27-/m0/s1. The molecule has 0 saturated carbocycles. The third-order valence-corrected chi connectivity index (χ3v) is 6.80. The zero-order valence-corrected chi connectivity index (χ0v) is 23.9. The number of nitrogens with zero attached hydrogens (tertiary/aromatic N) is 1. The normalized spacial score (nSPS) is 13.5. The molecule has 0 saturated heterocycles. The molecule has 0 aliphatic rings. The maximum Gasteiger partial charge on any atom is 0.310 e. The Morgan fingerprint density at radius 2 is 1.66 bits per heavy atom. The number of esters is 2. The van der Waals surface area contributed by atoms with Gasteiger partial charge >= 0.3 is 11.9 Å². The van der Waals surface area contributed by atoms with Crippen LogP contribution in [0.15, 0.2) is 36.5 Å². The number of pyridine rings is 1. The molecule has 0 aliphatic carbocycles. The van der Waals surface area contributed by atoms with Crippen molar-refractivity contribution in [3.8, 4) is 17.2 Å². The van der Waals surface area contributed by atoms with E-state index < -0.39 is 35.8 Å². The van der Waals surface area contributed by atoms with E-state index >= 15 is 0 Å². The first kappa shape index (κ1) is 31.1. The van der Waals surface area contributed by atoms with Gasteiger partial charge < -0.3 is 18.9 Å². The summed E-state index contributed by atoms with van der Waals surface area (Å²) in [5, 5.41) is 0.474. The molecule has 1 heterocycles. The molecule has 1 aromatic carbocycles. The monoisotopic (exact) mass is 547 g/mol. The number of para-hydroxylation sites is 1. The van der Waals surface area contributed by atoms with Crippen molar-refractivity contribution in [2.75, 3.05) is 7.11 Å². The van der Waals surface area contributed by atoms with Crippen LogP contribution in [0.5, 0.6) is 17.2 Å². The lowest BCUT2D eigenvalue weighted by Gasteiger charge is -2.32. The Bertz CT molecular complexity index is 1100. The maximum atomic E-state index is 13.4. The second-order valence-corrected chi connectivity index (χ2v) is 9.90. The highest BCUT2D eigenvalue weighted by Gasteiger charge is 2.35. The average Bonchev–Trinajstić information content (AvgIpc) is 2.87. The number of ether oxygens (including phenoxy) is 4. The lowest BCUT2D eigenvalue weighted by atomic mass is 9.89. The van der Waals surface area contributed by atoms with Crippen molar-refractivity contribution in [2.24, 2.45) is 17.8 Å². The van der Waals surface area contributed by atoms with Gasteiger partial charge in [0, 0.05) is 25.6 Å². The van der Waals surface area contributed by atoms with E-state index in [0.717, 1.165) is 12.8 Å². The molecule has 0 amide bonds. The van der Waals surface area contributed by atoms with Crippen molar-refractivity contribution >= 4 is 29.3 Å². The number of carbonyl (C=O) groups is 3. The van der Waals surface area contributed by atoms with E-state index in [0.29, 0.717) is 10.8 Å². The highest BCUT2D eigenvalue weighted by atomic mass is 35.5. The number of aromatic nitrogens is 1. The summed E-state index contributed by atoms with van der Waals surface area (Å²) in [6, 6.07) is 8.66. The molecule has 0 radical (unpaired) electrons. The van der Waals surface area contributed by atoms with Crippen LogP contribution in [0, 0.1) is 17.8 Å². The topological polar surface area (TPSA) is 101 Å². The van der Waals surface area contributed by atoms with Crippen LogP contribution < -0.4 is 14.2 Å². The van der Waals surface area contributed by atoms with Crippen LogP contribution >= 0.6 is 11.6 Å². The molecular weight excluding hydrogens is 510 g/mol. The van der Waals surface area contributed by atoms with Crippen molar-refractivity contribution in [3.05, 3.63) is 47.2 Å². The Morgan fingerprint density at radius 3 is 2.21 bits per heavy atom. The van der Waals surface area contributed by atoms with Gasteiger partial charge in [0.15, 0.2) is 17.2 Å². The van der Waals surface area contributed by atoms with Crippen LogP contribution in [-0.4, -0.2) is 42.0 Å². The highest BCUT2D eigenvalue weighted by Crippen LogP contribution is 2.33. The van der Waals surface area contributed by atoms with Gasteiger partial charge in [-0.05, 0) is 43.7 Å². The number of halogens is 1. The Kier molecular flexibility index (Phi) is 12.0. The first-order valence-corrected chi connectivity index (χ1v) is 13.3. The smallest absolute Gasteiger partial charge is 0.310 e. The first-order chi connectivity index (χ1) is 18.0. The summed E-state index contributed by atoms with van der Waals surface area (Å²) < 4.78 is 22.6. The largest absolute Gasteiger partial charge is 0.493 e. The molecular formula is C29H38ClNO7. The summed E-state index contributed by atoms with van der Waals surface area (Å²) in [7, 11) is 1.40. The van der Waals surface area contributed by atoms with Gasteiger partial charge in [0.05, 0.1) is 18.1 Å². The molecule has 9 heteroatoms. The average molecular weight is 548 g/mol. The predicted molar refractivity (Wildman–Crippen MR) is 145 cm³/mol. The minimum atomic E-state index is -0.759. The second-order valence-electron chi connectivity index (χ2n) is 9.49. The van der Waals surface area contributed by atoms with Crippen molar-refractivity contribution < 1.29 is 33.3 Å². The minimum Gasteiger partial charge on any atom is -0.493 e. The van der Waals surface area contributed by atoms with Gasteiger partial charge in [-0.15, -0.1) is 0 Å². The second kappa shape index (κ2) is 14.7. The fraction of sp³-hybridized carbons (Fsp3) is 0.517. The lowest BCUT2D eigenvalue weighted by Crippen LogP contribution is -2.41. The number of hydrogen-bond acceptors (Lipinski definition) is 8. The Hall–Kier alpha value is -3.13. The summed E-state index contributed by atoms with van der Waals surface area (Å²) in [6.07, 6.45) is 1.80. The van der Waals surface area contributed by atoms with Gasteiger partial charge in [0.2, 0.25) is 5.75 Å². The van der Waals surface area contributed by atoms with E-state index in [1.165, 1.54) is 26.3 Å². The molecule has 0 bridgehead atoms. The molecule has 2 aromatic rings. The van der Waals surface area contributed by atoms with Crippen LogP contribution in [0.4, 0.5) is 0 Å². The number of hydrogen-bond donors (Lipinski definition) is 0. The number of ketones is 1. The molecule has 38 heavy (non-hydrogen) atoms. The summed E-state index contributed by atoms with van der Waals surface area (Å²) in [5.74, 6) is -1.82. The molecule has 0 unspecified atom stereocenters. The first-order valence-electron chi connectivity index (χ1n) is 12.9. The fourth-order valence-corrected chi connectivity index (χ4v) is 4.45. The highest BCUT2D eigenvalue weighted by molar-refractivity contribution is 6.32. The Morgan fingerprint density at radius 1 is 1.00 bits per heavy atom. The summed E-state index contributed by atoms with van der Waals surface area (Å²) >= 11 is 6.33. The Labute approximate surface area is 230 Å². The summed E-state index contributed by atoms with van der Waals surface area (Å²) in [5.41, 5.74) is -0.0805. The van der Waals surface area contributed by atoms with E-state index in [-0.39, 0.29) is 35.4 Å². The van der Waals surface area contributed by atoms with Crippen LogP contribution in [0.1, 0.15) is 71.3 Å². The molecule has 1 aromatic heterocycles. The zero-order chi connectivity index (χ0) is 28.4. The third kappa shape index (κ3) is 8.18. The number of methoxy groups -OCH3 is 1. The maximum absolute atomic E-state index is 13.4. The molecule has 0 fully saturated rings. The molecule has 0 N–H and O–H groups in total. The quantitative estimate of drug-likeness (QED) is 0.200. The van der Waals surface area contributed by atoms with Crippen LogP contribution in [0.3, 0.4) is 0 Å². The molecule has 0 aliphatic heterocycles. The summed E-state index contributed by atoms with van der Waals surface area (Å²) in [4.78, 5) is 42.4. The number of rotatable bonds is 14.